The van der Waals surface area contributed by atoms with Crippen LogP contribution in [0.4, 0.5) is 5.82 Å². The Balaban J connectivity index is 1.69. The zero-order chi connectivity index (χ0) is 18.1. The van der Waals surface area contributed by atoms with Crippen LogP contribution < -0.4 is 4.90 Å². The lowest BCUT2D eigenvalue weighted by molar-refractivity contribution is 0.122. The van der Waals surface area contributed by atoms with Crippen LogP contribution >= 0.6 is 0 Å². The van der Waals surface area contributed by atoms with Gasteiger partial charge in [0, 0.05) is 49.4 Å². The first-order valence-corrected chi connectivity index (χ1v) is 8.94. The molecule has 0 bridgehead atoms. The third kappa shape index (κ3) is 3.02. The highest BCUT2D eigenvalue weighted by Gasteiger charge is 2.19. The Bertz CT molecular complexity index is 1060. The Morgan fingerprint density at radius 2 is 1.70 bits per heavy atom. The van der Waals surface area contributed by atoms with Crippen molar-refractivity contribution in [2.24, 2.45) is 0 Å². The molecule has 0 N–H and O–H groups in total. The fourth-order valence-corrected chi connectivity index (χ4v) is 3.29. The summed E-state index contributed by atoms with van der Waals surface area (Å²) in [5.41, 5.74) is 4.37. The van der Waals surface area contributed by atoms with Crippen LogP contribution in [0.25, 0.3) is 28.3 Å². The Morgan fingerprint density at radius 3 is 2.48 bits per heavy atom. The van der Waals surface area contributed by atoms with Gasteiger partial charge < -0.3 is 9.64 Å². The van der Waals surface area contributed by atoms with Crippen molar-refractivity contribution in [3.8, 4) is 22.6 Å². The maximum absolute atomic E-state index is 5.52. The number of aromatic nitrogens is 5. The molecule has 0 unspecified atom stereocenters. The van der Waals surface area contributed by atoms with E-state index in [2.05, 4.69) is 20.9 Å². The van der Waals surface area contributed by atoms with Crippen molar-refractivity contribution in [2.45, 2.75) is 0 Å². The van der Waals surface area contributed by atoms with Crippen molar-refractivity contribution in [1.29, 1.82) is 0 Å². The standard InChI is InChI=1S/C20H18N6O/c1-2-6-22-16(3-1)18-14-20(25-9-11-27-12-10-25)26-19(23-18)13-17(24-26)15-4-7-21-8-5-15/h1-8,13-14H,9-12H2. The molecule has 0 saturated carbocycles. The Kier molecular flexibility index (Phi) is 3.99. The number of anilines is 1. The van der Waals surface area contributed by atoms with Crippen LogP contribution in [0, 0.1) is 0 Å². The molecule has 7 heteroatoms. The van der Waals surface area contributed by atoms with Crippen LogP contribution in [-0.2, 0) is 4.74 Å². The van der Waals surface area contributed by atoms with Crippen LogP contribution in [0.1, 0.15) is 0 Å². The molecule has 27 heavy (non-hydrogen) atoms. The lowest BCUT2D eigenvalue weighted by Crippen LogP contribution is -2.37. The van der Waals surface area contributed by atoms with E-state index in [1.807, 2.05) is 40.9 Å². The molecule has 0 aliphatic carbocycles. The van der Waals surface area contributed by atoms with E-state index in [0.717, 1.165) is 47.2 Å². The second-order valence-electron chi connectivity index (χ2n) is 6.35. The molecule has 4 aromatic heterocycles. The maximum atomic E-state index is 5.52. The van der Waals surface area contributed by atoms with E-state index < -0.39 is 0 Å². The first-order valence-electron chi connectivity index (χ1n) is 8.94. The predicted molar refractivity (Wildman–Crippen MR) is 102 cm³/mol. The van der Waals surface area contributed by atoms with E-state index in [0.29, 0.717) is 13.2 Å². The van der Waals surface area contributed by atoms with Gasteiger partial charge in [-0.15, -0.1) is 0 Å². The van der Waals surface area contributed by atoms with Crippen LogP contribution in [0.3, 0.4) is 0 Å². The predicted octanol–water partition coefficient (Wildman–Crippen LogP) is 2.69. The quantitative estimate of drug-likeness (QED) is 0.561. The summed E-state index contributed by atoms with van der Waals surface area (Å²) < 4.78 is 7.43. The Morgan fingerprint density at radius 1 is 0.852 bits per heavy atom. The summed E-state index contributed by atoms with van der Waals surface area (Å²) in [5, 5.41) is 4.82. The molecule has 0 aromatic carbocycles. The Labute approximate surface area is 156 Å². The van der Waals surface area contributed by atoms with Crippen molar-refractivity contribution in [3.05, 3.63) is 61.1 Å². The lowest BCUT2D eigenvalue weighted by atomic mass is 10.2. The van der Waals surface area contributed by atoms with Crippen molar-refractivity contribution in [3.63, 3.8) is 0 Å². The van der Waals surface area contributed by atoms with Gasteiger partial charge in [-0.05, 0) is 24.3 Å². The fraction of sp³-hybridized carbons (Fsp3) is 0.200. The van der Waals surface area contributed by atoms with Gasteiger partial charge in [-0.25, -0.2) is 4.98 Å². The number of pyridine rings is 2. The molecule has 4 aromatic rings. The molecule has 0 spiro atoms. The lowest BCUT2D eigenvalue weighted by Gasteiger charge is -2.29. The summed E-state index contributed by atoms with van der Waals surface area (Å²) in [7, 11) is 0. The molecule has 1 aliphatic heterocycles. The molecule has 0 atom stereocenters. The summed E-state index contributed by atoms with van der Waals surface area (Å²) in [6.07, 6.45) is 5.33. The molecule has 1 aliphatic rings. The molecule has 134 valence electrons. The summed E-state index contributed by atoms with van der Waals surface area (Å²) in [6.45, 7) is 3.07. The zero-order valence-electron chi connectivity index (χ0n) is 14.7. The van der Waals surface area contributed by atoms with Crippen molar-refractivity contribution < 1.29 is 4.74 Å². The van der Waals surface area contributed by atoms with E-state index in [-0.39, 0.29) is 0 Å². The van der Waals surface area contributed by atoms with E-state index in [1.54, 1.807) is 18.6 Å². The number of nitrogens with zero attached hydrogens (tertiary/aromatic N) is 6. The minimum absolute atomic E-state index is 0.710. The highest BCUT2D eigenvalue weighted by molar-refractivity contribution is 5.69. The highest BCUT2D eigenvalue weighted by Crippen LogP contribution is 2.27. The van der Waals surface area contributed by atoms with E-state index in [4.69, 9.17) is 14.8 Å². The van der Waals surface area contributed by atoms with Crippen LogP contribution in [0.5, 0.6) is 0 Å². The molecule has 1 fully saturated rings. The van der Waals surface area contributed by atoms with Crippen molar-refractivity contribution >= 4 is 11.5 Å². The largest absolute Gasteiger partial charge is 0.378 e. The molecule has 7 nitrogen and oxygen atoms in total. The number of hydrogen-bond acceptors (Lipinski definition) is 6. The average Bonchev–Trinajstić information content (AvgIpc) is 3.19. The summed E-state index contributed by atoms with van der Waals surface area (Å²) in [5.74, 6) is 1.00. The Hall–Kier alpha value is -3.32. The SMILES string of the molecule is c1ccc(-c2cc(N3CCOCC3)n3nc(-c4ccncc4)cc3n2)nc1. The number of rotatable bonds is 3. The van der Waals surface area contributed by atoms with Gasteiger partial charge in [0.2, 0.25) is 0 Å². The smallest absolute Gasteiger partial charge is 0.158 e. The summed E-state index contributed by atoms with van der Waals surface area (Å²) in [4.78, 5) is 15.6. The summed E-state index contributed by atoms with van der Waals surface area (Å²) >= 11 is 0. The molecule has 0 radical (unpaired) electrons. The van der Waals surface area contributed by atoms with Gasteiger partial charge >= 0.3 is 0 Å². The minimum atomic E-state index is 0.710. The first kappa shape index (κ1) is 15.9. The number of ether oxygens (including phenoxy) is 1. The average molecular weight is 358 g/mol. The van der Waals surface area contributed by atoms with Gasteiger partial charge in [0.1, 0.15) is 5.82 Å². The monoisotopic (exact) mass is 358 g/mol. The fourth-order valence-electron chi connectivity index (χ4n) is 3.29. The molecule has 5 heterocycles. The number of hydrogen-bond donors (Lipinski definition) is 0. The first-order chi connectivity index (χ1) is 13.4. The minimum Gasteiger partial charge on any atom is -0.378 e. The second-order valence-corrected chi connectivity index (χ2v) is 6.35. The summed E-state index contributed by atoms with van der Waals surface area (Å²) in [6, 6.07) is 13.8. The maximum Gasteiger partial charge on any atom is 0.158 e. The van der Waals surface area contributed by atoms with Gasteiger partial charge in [-0.1, -0.05) is 6.07 Å². The van der Waals surface area contributed by atoms with Gasteiger partial charge in [-0.3, -0.25) is 9.97 Å². The van der Waals surface area contributed by atoms with Crippen LogP contribution in [0.2, 0.25) is 0 Å². The molecular weight excluding hydrogens is 340 g/mol. The van der Waals surface area contributed by atoms with Crippen molar-refractivity contribution in [2.75, 3.05) is 31.2 Å². The van der Waals surface area contributed by atoms with Crippen molar-refractivity contribution in [1.82, 2.24) is 24.6 Å². The number of morpholine rings is 1. The van der Waals surface area contributed by atoms with Gasteiger partial charge in [0.25, 0.3) is 0 Å². The molecule has 5 rings (SSSR count). The van der Waals surface area contributed by atoms with Gasteiger partial charge in [-0.2, -0.15) is 9.61 Å². The topological polar surface area (TPSA) is 68.4 Å². The second kappa shape index (κ2) is 6.77. The number of fused-ring (bicyclic) bond motifs is 1. The molecule has 0 amide bonds. The van der Waals surface area contributed by atoms with Crippen LogP contribution in [-0.4, -0.2) is 50.9 Å². The highest BCUT2D eigenvalue weighted by atomic mass is 16.5. The van der Waals surface area contributed by atoms with Crippen LogP contribution in [0.15, 0.2) is 61.1 Å². The van der Waals surface area contributed by atoms with E-state index in [9.17, 15) is 0 Å². The normalized spacial score (nSPS) is 14.6. The third-order valence-electron chi connectivity index (χ3n) is 4.65. The molecular formula is C20H18N6O. The zero-order valence-corrected chi connectivity index (χ0v) is 14.7. The van der Waals surface area contributed by atoms with Gasteiger partial charge in [0.05, 0.1) is 30.3 Å². The molecule has 1 saturated heterocycles. The van der Waals surface area contributed by atoms with E-state index in [1.165, 1.54) is 0 Å². The van der Waals surface area contributed by atoms with E-state index >= 15 is 0 Å². The third-order valence-corrected chi connectivity index (χ3v) is 4.65. The van der Waals surface area contributed by atoms with Gasteiger partial charge in [0.15, 0.2) is 5.65 Å².